The molecule has 0 amide bonds. The Balaban J connectivity index is 0.000000171. The van der Waals surface area contributed by atoms with Gasteiger partial charge in [-0.05, 0) is 13.8 Å². The van der Waals surface area contributed by atoms with Gasteiger partial charge in [0.2, 0.25) is 0 Å². The molecule has 30 heavy (non-hydrogen) atoms. The SMILES string of the molecule is C[Si](C)=[Zr]([Cl])[Cl].Cc1[c-]c2ccccc(C)c-2c1.Cc1[c-]c2ccccc(C)c-2c1. The molecule has 0 N–H and O–H groups in total. The van der Waals surface area contributed by atoms with Crippen LogP contribution >= 0.6 is 17.0 Å². The minimum Gasteiger partial charge on any atom is -0.165 e. The fourth-order valence-corrected chi connectivity index (χ4v) is 3.02. The second-order valence-corrected chi connectivity index (χ2v) is 30.6. The van der Waals surface area contributed by atoms with Gasteiger partial charge < -0.3 is 0 Å². The second kappa shape index (κ2) is 12.2. The average Bonchev–Trinajstić information content (AvgIpc) is 3.14. The van der Waals surface area contributed by atoms with Crippen molar-refractivity contribution in [3.63, 3.8) is 0 Å². The number of aryl methyl sites for hydroxylation is 4. The van der Waals surface area contributed by atoms with Gasteiger partial charge in [-0.15, -0.1) is 58.7 Å². The fourth-order valence-electron chi connectivity index (χ4n) is 3.02. The maximum absolute atomic E-state index is 5.62. The minimum atomic E-state index is -1.65. The summed E-state index contributed by atoms with van der Waals surface area (Å²) in [6.45, 7) is 12.8. The van der Waals surface area contributed by atoms with Gasteiger partial charge in [0, 0.05) is 0 Å². The molecular formula is C26H28Cl2SiZr-2. The normalized spacial score (nSPS) is 10.0. The Bertz CT molecular complexity index is 993. The zero-order chi connectivity index (χ0) is 22.3. The van der Waals surface area contributed by atoms with Crippen LogP contribution in [0.15, 0.2) is 60.7 Å². The van der Waals surface area contributed by atoms with Gasteiger partial charge in [-0.2, -0.15) is 23.3 Å². The number of hydrogen-bond donors (Lipinski definition) is 0. The van der Waals surface area contributed by atoms with Crippen molar-refractivity contribution in [2.45, 2.75) is 40.8 Å². The van der Waals surface area contributed by atoms with E-state index < -0.39 is 18.0 Å². The van der Waals surface area contributed by atoms with Crippen LogP contribution in [0.4, 0.5) is 0 Å². The second-order valence-electron chi connectivity index (χ2n) is 7.62. The third-order valence-corrected chi connectivity index (χ3v) is 24.4. The Kier molecular flexibility index (Phi) is 10.3. The molecule has 0 aromatic heterocycles. The standard InChI is InChI=1S/2C12H11.C2H6Si.2ClH.Zr/c2*1-9-7-11-6-4-3-5-10(2)12(11)8-9;1-3-2;;;/h2*3-6,8H,1-2H3;1-2H3;2*1H;/q2*-1;;;;+2/p-2. The first-order valence-electron chi connectivity index (χ1n) is 9.94. The van der Waals surface area contributed by atoms with E-state index in [0.717, 1.165) is 0 Å². The topological polar surface area (TPSA) is 0 Å². The van der Waals surface area contributed by atoms with Crippen molar-refractivity contribution in [1.82, 2.24) is 0 Å². The van der Waals surface area contributed by atoms with Crippen LogP contribution in [0.2, 0.25) is 13.1 Å². The Morgan fingerprint density at radius 3 is 1.33 bits per heavy atom. The van der Waals surface area contributed by atoms with Crippen molar-refractivity contribution in [3.05, 3.63) is 95.1 Å². The van der Waals surface area contributed by atoms with Crippen molar-refractivity contribution >= 4 is 22.5 Å². The molecule has 0 spiro atoms. The average molecular weight is 531 g/mol. The van der Waals surface area contributed by atoms with Crippen LogP contribution in [0.25, 0.3) is 22.3 Å². The van der Waals surface area contributed by atoms with E-state index in [9.17, 15) is 0 Å². The first kappa shape index (κ1) is 25.3. The third kappa shape index (κ3) is 7.65. The van der Waals surface area contributed by atoms with Crippen LogP contribution in [0.3, 0.4) is 0 Å². The molecule has 0 saturated heterocycles. The summed E-state index contributed by atoms with van der Waals surface area (Å²) in [5.41, 5.74) is 9.93. The monoisotopic (exact) mass is 528 g/mol. The molecule has 4 aliphatic rings. The van der Waals surface area contributed by atoms with Gasteiger partial charge in [-0.25, -0.2) is 0 Å². The van der Waals surface area contributed by atoms with Gasteiger partial charge in [0.15, 0.2) is 0 Å². The summed E-state index contributed by atoms with van der Waals surface area (Å²) < 4.78 is 0. The van der Waals surface area contributed by atoms with Gasteiger partial charge in [0.1, 0.15) is 0 Å². The maximum Gasteiger partial charge on any atom is -0.0487 e. The predicted octanol–water partition coefficient (Wildman–Crippen LogP) is 8.58. The Hall–Kier alpha value is -0.920. The van der Waals surface area contributed by atoms with Crippen LogP contribution in [0.5, 0.6) is 0 Å². The van der Waals surface area contributed by atoms with Crippen molar-refractivity contribution < 1.29 is 18.0 Å². The number of fused-ring (bicyclic) bond motifs is 2. The Morgan fingerprint density at radius 2 is 1.00 bits per heavy atom. The summed E-state index contributed by atoms with van der Waals surface area (Å²) in [6, 6.07) is 27.7. The van der Waals surface area contributed by atoms with Gasteiger partial charge in [0.05, 0.1) is 0 Å². The molecule has 4 aliphatic carbocycles. The molecule has 0 heterocycles. The largest absolute Gasteiger partial charge is 0.165 e. The van der Waals surface area contributed by atoms with Crippen LogP contribution in [0.1, 0.15) is 22.3 Å². The predicted molar refractivity (Wildman–Crippen MR) is 132 cm³/mol. The first-order chi connectivity index (χ1) is 14.2. The van der Waals surface area contributed by atoms with E-state index in [-0.39, 0.29) is 5.43 Å². The quantitative estimate of drug-likeness (QED) is 0.158. The zero-order valence-corrected chi connectivity index (χ0v) is 23.5. The Labute approximate surface area is 197 Å². The molecule has 4 heteroatoms. The summed E-state index contributed by atoms with van der Waals surface area (Å²) in [5, 5.41) is 0. The smallest absolute Gasteiger partial charge is 0.0487 e. The van der Waals surface area contributed by atoms with E-state index in [2.05, 4.69) is 114 Å². The van der Waals surface area contributed by atoms with Crippen molar-refractivity contribution in [2.24, 2.45) is 0 Å². The van der Waals surface area contributed by atoms with Crippen LogP contribution in [-0.4, -0.2) is 5.43 Å². The molecule has 0 aromatic rings. The van der Waals surface area contributed by atoms with Crippen LogP contribution in [0, 0.1) is 39.8 Å². The molecule has 0 nitrogen and oxygen atoms in total. The van der Waals surface area contributed by atoms with Gasteiger partial charge in [-0.3, -0.25) is 0 Å². The van der Waals surface area contributed by atoms with Crippen LogP contribution < -0.4 is 0 Å². The summed E-state index contributed by atoms with van der Waals surface area (Å²) in [6.07, 6.45) is 0. The molecule has 0 atom stereocenters. The van der Waals surface area contributed by atoms with E-state index in [1.165, 1.54) is 44.5 Å². The number of halogens is 2. The van der Waals surface area contributed by atoms with E-state index in [1.54, 1.807) is 0 Å². The molecule has 156 valence electrons. The molecule has 0 aliphatic heterocycles. The summed E-state index contributed by atoms with van der Waals surface area (Å²) in [5.74, 6) is 0. The number of hydrogen-bond acceptors (Lipinski definition) is 0. The summed E-state index contributed by atoms with van der Waals surface area (Å²) >= 11 is -1.65. The molecule has 0 fully saturated rings. The van der Waals surface area contributed by atoms with Gasteiger partial charge >= 0.3 is 53.5 Å². The third-order valence-electron chi connectivity index (χ3n) is 4.63. The van der Waals surface area contributed by atoms with Crippen molar-refractivity contribution in [2.75, 3.05) is 0 Å². The summed E-state index contributed by atoms with van der Waals surface area (Å²) in [4.78, 5) is 0. The zero-order valence-electron chi connectivity index (χ0n) is 18.5. The molecule has 0 saturated carbocycles. The van der Waals surface area contributed by atoms with Crippen molar-refractivity contribution in [1.29, 1.82) is 0 Å². The first-order valence-corrected chi connectivity index (χ1v) is 22.5. The summed E-state index contributed by atoms with van der Waals surface area (Å²) in [7, 11) is 11.2. The minimum absolute atomic E-state index is 0.224. The van der Waals surface area contributed by atoms with E-state index in [1.807, 2.05) is 0 Å². The van der Waals surface area contributed by atoms with Crippen LogP contribution in [-0.2, 0) is 18.0 Å². The Morgan fingerprint density at radius 1 is 0.667 bits per heavy atom. The molecule has 0 unspecified atom stereocenters. The van der Waals surface area contributed by atoms with E-state index in [0.29, 0.717) is 0 Å². The molecule has 4 rings (SSSR count). The van der Waals surface area contributed by atoms with E-state index in [4.69, 9.17) is 17.0 Å². The van der Waals surface area contributed by atoms with Crippen molar-refractivity contribution in [3.8, 4) is 22.3 Å². The van der Waals surface area contributed by atoms with Gasteiger partial charge in [-0.1, -0.05) is 49.2 Å². The molecule has 0 bridgehead atoms. The maximum atomic E-state index is 5.62. The van der Waals surface area contributed by atoms with E-state index >= 15 is 0 Å². The molecular weight excluding hydrogens is 503 g/mol. The molecule has 0 radical (unpaired) electrons. The van der Waals surface area contributed by atoms with Gasteiger partial charge in [0.25, 0.3) is 0 Å². The number of rotatable bonds is 0. The fraction of sp³-hybridized carbons (Fsp3) is 0.231. The molecule has 0 aromatic carbocycles.